The van der Waals surface area contributed by atoms with Gasteiger partial charge in [0.05, 0.1) is 0 Å². The molecule has 86 valence electrons. The van der Waals surface area contributed by atoms with Crippen LogP contribution in [0.15, 0.2) is 15.8 Å². The molecule has 0 bridgehead atoms. The third-order valence-corrected chi connectivity index (χ3v) is 2.69. The molecule has 2 rings (SSSR count). The lowest BCUT2D eigenvalue weighted by atomic mass is 10.1. The maximum Gasteiger partial charge on any atom is 0.325 e. The van der Waals surface area contributed by atoms with Crippen molar-refractivity contribution >= 4 is 5.91 Å². The second-order valence-electron chi connectivity index (χ2n) is 3.84. The zero-order valence-electron chi connectivity index (χ0n) is 8.78. The Bertz CT molecular complexity index is 497. The van der Waals surface area contributed by atoms with E-state index in [1.165, 1.54) is 6.20 Å². The van der Waals surface area contributed by atoms with Gasteiger partial charge in [-0.3, -0.25) is 14.6 Å². The fourth-order valence-electron chi connectivity index (χ4n) is 1.84. The van der Waals surface area contributed by atoms with Crippen LogP contribution in [0.3, 0.4) is 0 Å². The minimum atomic E-state index is -0.626. The highest BCUT2D eigenvalue weighted by molar-refractivity contribution is 5.93. The number of hydrogen-bond donors (Lipinski definition) is 2. The molecule has 16 heavy (non-hydrogen) atoms. The van der Waals surface area contributed by atoms with E-state index in [0.717, 1.165) is 19.3 Å². The Morgan fingerprint density at radius 3 is 2.50 bits per heavy atom. The van der Waals surface area contributed by atoms with Gasteiger partial charge in [-0.2, -0.15) is 0 Å². The Labute approximate surface area is 91.3 Å². The van der Waals surface area contributed by atoms with Crippen LogP contribution in [0.25, 0.3) is 0 Å². The Hall–Kier alpha value is -1.85. The van der Waals surface area contributed by atoms with E-state index in [2.05, 4.69) is 4.98 Å². The molecule has 0 atom stereocenters. The summed E-state index contributed by atoms with van der Waals surface area (Å²) in [6.07, 6.45) is 4.23. The summed E-state index contributed by atoms with van der Waals surface area (Å²) in [5, 5.41) is 0. The van der Waals surface area contributed by atoms with E-state index in [9.17, 15) is 14.4 Å². The first-order valence-electron chi connectivity index (χ1n) is 5.30. The summed E-state index contributed by atoms with van der Waals surface area (Å²) >= 11 is 0. The van der Waals surface area contributed by atoms with Crippen molar-refractivity contribution in [2.75, 3.05) is 13.1 Å². The fraction of sp³-hybridized carbons (Fsp3) is 0.500. The molecule has 1 aromatic heterocycles. The van der Waals surface area contributed by atoms with Crippen molar-refractivity contribution in [3.63, 3.8) is 0 Å². The Morgan fingerprint density at radius 2 is 1.88 bits per heavy atom. The number of nitrogens with one attached hydrogen (secondary N) is 2. The van der Waals surface area contributed by atoms with E-state index in [1.807, 2.05) is 4.98 Å². The standard InChI is InChI=1S/C10H13N3O3/c14-8-7(6-11-10(16)12-8)9(15)13-4-2-1-3-5-13/h6H,1-5H2,(H2,11,12,14,16). The average Bonchev–Trinajstić information content (AvgIpc) is 2.29. The maximum absolute atomic E-state index is 11.9. The Balaban J connectivity index is 2.26. The van der Waals surface area contributed by atoms with Gasteiger partial charge in [-0.15, -0.1) is 0 Å². The lowest BCUT2D eigenvalue weighted by Gasteiger charge is -2.26. The zero-order chi connectivity index (χ0) is 11.5. The first-order chi connectivity index (χ1) is 7.68. The summed E-state index contributed by atoms with van der Waals surface area (Å²) in [6.45, 7) is 1.36. The second kappa shape index (κ2) is 4.34. The Kier molecular flexibility index (Phi) is 2.89. The average molecular weight is 223 g/mol. The summed E-state index contributed by atoms with van der Waals surface area (Å²) in [7, 11) is 0. The number of carbonyl (C=O) groups excluding carboxylic acids is 1. The normalized spacial score (nSPS) is 16.1. The summed E-state index contributed by atoms with van der Waals surface area (Å²) in [5.41, 5.74) is -1.22. The van der Waals surface area contributed by atoms with Crippen LogP contribution in [0.4, 0.5) is 0 Å². The molecular weight excluding hydrogens is 210 g/mol. The number of amides is 1. The highest BCUT2D eigenvalue weighted by Crippen LogP contribution is 2.10. The molecule has 0 aromatic carbocycles. The minimum absolute atomic E-state index is 0.00139. The van der Waals surface area contributed by atoms with Gasteiger partial charge in [0.1, 0.15) is 5.56 Å². The van der Waals surface area contributed by atoms with Crippen LogP contribution in [-0.4, -0.2) is 33.9 Å². The maximum atomic E-state index is 11.9. The van der Waals surface area contributed by atoms with Crippen molar-refractivity contribution in [3.05, 3.63) is 32.6 Å². The van der Waals surface area contributed by atoms with Crippen LogP contribution >= 0.6 is 0 Å². The molecule has 1 aliphatic rings. The molecule has 0 unspecified atom stereocenters. The fourth-order valence-corrected chi connectivity index (χ4v) is 1.84. The van der Waals surface area contributed by atoms with Gasteiger partial charge in [-0.1, -0.05) is 0 Å². The van der Waals surface area contributed by atoms with Gasteiger partial charge in [0.2, 0.25) is 0 Å². The number of H-pyrrole nitrogens is 2. The number of likely N-dealkylation sites (tertiary alicyclic amines) is 1. The molecular formula is C10H13N3O3. The van der Waals surface area contributed by atoms with Crippen LogP contribution in [0, 0.1) is 0 Å². The summed E-state index contributed by atoms with van der Waals surface area (Å²) in [6, 6.07) is 0. The van der Waals surface area contributed by atoms with Gasteiger partial charge in [0.15, 0.2) is 0 Å². The third kappa shape index (κ3) is 2.05. The number of hydrogen-bond acceptors (Lipinski definition) is 3. The van der Waals surface area contributed by atoms with Gasteiger partial charge in [0, 0.05) is 19.3 Å². The molecule has 1 aliphatic heterocycles. The number of rotatable bonds is 1. The van der Waals surface area contributed by atoms with Crippen molar-refractivity contribution in [2.24, 2.45) is 0 Å². The highest BCUT2D eigenvalue weighted by Gasteiger charge is 2.20. The van der Waals surface area contributed by atoms with Crippen molar-refractivity contribution in [1.82, 2.24) is 14.9 Å². The molecule has 6 nitrogen and oxygen atoms in total. The van der Waals surface area contributed by atoms with Crippen LogP contribution in [0.2, 0.25) is 0 Å². The first kappa shape index (κ1) is 10.7. The van der Waals surface area contributed by atoms with Crippen LogP contribution in [0.5, 0.6) is 0 Å². The van der Waals surface area contributed by atoms with E-state index in [0.29, 0.717) is 13.1 Å². The topological polar surface area (TPSA) is 86.0 Å². The number of carbonyl (C=O) groups is 1. The van der Waals surface area contributed by atoms with Crippen LogP contribution in [0.1, 0.15) is 29.6 Å². The quantitative estimate of drug-likeness (QED) is 0.684. The van der Waals surface area contributed by atoms with Crippen LogP contribution < -0.4 is 11.2 Å². The number of nitrogens with zero attached hydrogens (tertiary/aromatic N) is 1. The van der Waals surface area contributed by atoms with Gasteiger partial charge in [-0.25, -0.2) is 4.79 Å². The molecule has 2 N–H and O–H groups in total. The predicted octanol–water partition coefficient (Wildman–Crippen LogP) is -0.311. The van der Waals surface area contributed by atoms with Crippen molar-refractivity contribution in [1.29, 1.82) is 0 Å². The van der Waals surface area contributed by atoms with Crippen molar-refractivity contribution in [2.45, 2.75) is 19.3 Å². The Morgan fingerprint density at radius 1 is 1.19 bits per heavy atom. The summed E-state index contributed by atoms with van der Waals surface area (Å²) in [5.74, 6) is -0.308. The number of aromatic nitrogens is 2. The zero-order valence-corrected chi connectivity index (χ0v) is 8.78. The predicted molar refractivity (Wildman–Crippen MR) is 57.4 cm³/mol. The molecule has 0 radical (unpaired) electrons. The minimum Gasteiger partial charge on any atom is -0.338 e. The monoisotopic (exact) mass is 223 g/mol. The summed E-state index contributed by atoms with van der Waals surface area (Å²) in [4.78, 5) is 40.1. The second-order valence-corrected chi connectivity index (χ2v) is 3.84. The first-order valence-corrected chi connectivity index (χ1v) is 5.30. The van der Waals surface area contributed by atoms with Gasteiger partial charge < -0.3 is 9.88 Å². The molecule has 0 aliphatic carbocycles. The van der Waals surface area contributed by atoms with Gasteiger partial charge in [-0.05, 0) is 19.3 Å². The van der Waals surface area contributed by atoms with Crippen LogP contribution in [-0.2, 0) is 0 Å². The lowest BCUT2D eigenvalue weighted by Crippen LogP contribution is -2.39. The van der Waals surface area contributed by atoms with Gasteiger partial charge >= 0.3 is 5.69 Å². The van der Waals surface area contributed by atoms with E-state index >= 15 is 0 Å². The van der Waals surface area contributed by atoms with Crippen molar-refractivity contribution < 1.29 is 4.79 Å². The molecule has 2 heterocycles. The molecule has 1 fully saturated rings. The third-order valence-electron chi connectivity index (χ3n) is 2.69. The molecule has 0 saturated carbocycles. The highest BCUT2D eigenvalue weighted by atomic mass is 16.2. The number of aromatic amines is 2. The van der Waals surface area contributed by atoms with E-state index < -0.39 is 11.2 Å². The lowest BCUT2D eigenvalue weighted by molar-refractivity contribution is 0.0722. The van der Waals surface area contributed by atoms with E-state index in [4.69, 9.17) is 0 Å². The summed E-state index contributed by atoms with van der Waals surface area (Å²) < 4.78 is 0. The van der Waals surface area contributed by atoms with E-state index in [1.54, 1.807) is 4.90 Å². The molecule has 6 heteroatoms. The number of piperidine rings is 1. The molecule has 1 saturated heterocycles. The smallest absolute Gasteiger partial charge is 0.325 e. The van der Waals surface area contributed by atoms with Gasteiger partial charge in [0.25, 0.3) is 11.5 Å². The van der Waals surface area contributed by atoms with E-state index in [-0.39, 0.29) is 11.5 Å². The SMILES string of the molecule is O=C(c1c[nH]c(=O)[nH]c1=O)N1CCCCC1. The molecule has 1 aromatic rings. The molecule has 1 amide bonds. The van der Waals surface area contributed by atoms with Crippen molar-refractivity contribution in [3.8, 4) is 0 Å². The largest absolute Gasteiger partial charge is 0.338 e. The molecule has 0 spiro atoms.